The number of piperazine rings is 1. The molecule has 2 fully saturated rings. The number of fused-ring (bicyclic) bond motifs is 1. The van der Waals surface area contributed by atoms with Crippen LogP contribution in [0, 0.1) is 11.3 Å². The van der Waals surface area contributed by atoms with Crippen LogP contribution in [-0.4, -0.2) is 113 Å². The Morgan fingerprint density at radius 3 is 2.40 bits per heavy atom. The van der Waals surface area contributed by atoms with E-state index in [0.29, 0.717) is 24.9 Å². The summed E-state index contributed by atoms with van der Waals surface area (Å²) in [6, 6.07) is 14.3. The van der Waals surface area contributed by atoms with Crippen molar-refractivity contribution >= 4 is 27.5 Å². The molecule has 264 valence electrons. The highest BCUT2D eigenvalue weighted by Gasteiger charge is 2.59. The Kier molecular flexibility index (Phi) is 10.0. The van der Waals surface area contributed by atoms with E-state index in [0.717, 1.165) is 43.3 Å². The van der Waals surface area contributed by atoms with Crippen LogP contribution in [0.2, 0.25) is 0 Å². The number of sulfonamides is 1. The van der Waals surface area contributed by atoms with Crippen LogP contribution in [0.15, 0.2) is 59.6 Å². The molecular weight excluding hydrogens is 660 g/mol. The largest absolute Gasteiger partial charge is 0.497 e. The highest BCUT2D eigenvalue weighted by molar-refractivity contribution is 7.93. The number of nitrogens with zero attached hydrogens (tertiary/aromatic N) is 6. The molecule has 0 saturated carbocycles. The Morgan fingerprint density at radius 1 is 1.00 bits per heavy atom. The number of nitriles is 1. The lowest BCUT2D eigenvalue weighted by Crippen LogP contribution is -2.53. The zero-order chi connectivity index (χ0) is 35.6. The summed E-state index contributed by atoms with van der Waals surface area (Å²) in [6.45, 7) is 6.95. The number of carbonyl (C=O) groups is 2. The normalized spacial score (nSPS) is 20.3. The van der Waals surface area contributed by atoms with Gasteiger partial charge in [-0.25, -0.2) is 17.7 Å². The second-order valence-corrected chi connectivity index (χ2v) is 14.5. The van der Waals surface area contributed by atoms with Crippen molar-refractivity contribution in [2.45, 2.75) is 42.5 Å². The molecule has 2 aromatic carbocycles. The van der Waals surface area contributed by atoms with Crippen molar-refractivity contribution in [2.75, 3.05) is 71.4 Å². The molecule has 3 aliphatic rings. The van der Waals surface area contributed by atoms with Crippen LogP contribution in [0.4, 0.5) is 5.69 Å². The third-order valence-electron chi connectivity index (χ3n) is 10.0. The van der Waals surface area contributed by atoms with Gasteiger partial charge in [-0.2, -0.15) is 5.26 Å². The van der Waals surface area contributed by atoms with Crippen molar-refractivity contribution < 1.29 is 32.2 Å². The summed E-state index contributed by atoms with van der Waals surface area (Å²) >= 11 is 0. The molecule has 0 N–H and O–H groups in total. The smallest absolute Gasteiger partial charge is 0.274 e. The van der Waals surface area contributed by atoms with Gasteiger partial charge in [0, 0.05) is 69.6 Å². The lowest BCUT2D eigenvalue weighted by molar-refractivity contribution is -0.136. The molecule has 0 bridgehead atoms. The molecular formula is C36H42N6O7S. The average Bonchev–Trinajstić information content (AvgIpc) is 3.39. The summed E-state index contributed by atoms with van der Waals surface area (Å²) in [5.41, 5.74) is -1.22. The highest BCUT2D eigenvalue weighted by Crippen LogP contribution is 2.53. The average molecular weight is 703 g/mol. The number of hydrogen-bond donors (Lipinski definition) is 0. The monoisotopic (exact) mass is 702 g/mol. The summed E-state index contributed by atoms with van der Waals surface area (Å²) in [6.07, 6.45) is 2.70. The number of aromatic nitrogens is 1. The van der Waals surface area contributed by atoms with Gasteiger partial charge in [0.05, 0.1) is 38.1 Å². The second kappa shape index (κ2) is 14.3. The number of hydrogen-bond acceptors (Lipinski definition) is 11. The maximum Gasteiger partial charge on any atom is 0.274 e. The number of likely N-dealkylation sites (tertiary alicyclic amines) is 1. The first-order chi connectivity index (χ1) is 24.1. The summed E-state index contributed by atoms with van der Waals surface area (Å²) in [7, 11) is 0.239. The van der Waals surface area contributed by atoms with Crippen LogP contribution in [0.5, 0.6) is 17.4 Å². The molecule has 13 nitrogen and oxygen atoms in total. The minimum Gasteiger partial charge on any atom is -0.497 e. The van der Waals surface area contributed by atoms with E-state index in [9.17, 15) is 18.5 Å². The zero-order valence-electron chi connectivity index (χ0n) is 28.8. The van der Waals surface area contributed by atoms with Gasteiger partial charge in [-0.3, -0.25) is 14.5 Å². The lowest BCUT2D eigenvalue weighted by Gasteiger charge is -2.42. The zero-order valence-corrected chi connectivity index (χ0v) is 29.6. The van der Waals surface area contributed by atoms with Gasteiger partial charge in [0.15, 0.2) is 0 Å². The maximum atomic E-state index is 15.2. The minimum atomic E-state index is -4.65. The maximum absolute atomic E-state index is 15.2. The standard InChI is InChI=1S/C36H42N6O7S/c1-5-49-34-28(7-6-14-38-34)36(23-33(43)41-15-12-26(13-16-41)40-19-17-39(2)18-20-40)29-21-25(24-37)8-10-30(29)42(35(36)44)50(45,46)32-11-9-27(47-3)22-31(32)48-4/h6-11,14,21-22,26H,5,12-13,15-20,23H2,1-4H3. The van der Waals surface area contributed by atoms with Gasteiger partial charge in [0.25, 0.3) is 15.9 Å². The molecule has 6 rings (SSSR count). The molecule has 4 heterocycles. The van der Waals surface area contributed by atoms with Gasteiger partial charge < -0.3 is 24.0 Å². The Labute approximate surface area is 293 Å². The van der Waals surface area contributed by atoms with E-state index in [1.54, 1.807) is 24.0 Å². The van der Waals surface area contributed by atoms with Gasteiger partial charge in [-0.1, -0.05) is 6.07 Å². The quantitative estimate of drug-likeness (QED) is 0.307. The highest BCUT2D eigenvalue weighted by atomic mass is 32.2. The van der Waals surface area contributed by atoms with Gasteiger partial charge in [-0.15, -0.1) is 0 Å². The molecule has 2 saturated heterocycles. The Bertz CT molecular complexity index is 1920. The molecule has 3 aromatic rings. The van der Waals surface area contributed by atoms with Crippen molar-refractivity contribution in [3.05, 3.63) is 71.4 Å². The number of ether oxygens (including phenoxy) is 3. The Balaban J connectivity index is 1.45. The van der Waals surface area contributed by atoms with Crippen LogP contribution in [0.1, 0.15) is 42.9 Å². The molecule has 1 aromatic heterocycles. The van der Waals surface area contributed by atoms with E-state index in [1.807, 2.05) is 0 Å². The molecule has 1 unspecified atom stereocenters. The number of pyridine rings is 1. The van der Waals surface area contributed by atoms with Crippen LogP contribution < -0.4 is 18.5 Å². The van der Waals surface area contributed by atoms with Crippen LogP contribution in [0.25, 0.3) is 0 Å². The second-order valence-electron chi connectivity index (χ2n) is 12.8. The van der Waals surface area contributed by atoms with Gasteiger partial charge >= 0.3 is 0 Å². The molecule has 1 atom stereocenters. The van der Waals surface area contributed by atoms with E-state index >= 15 is 4.79 Å². The van der Waals surface area contributed by atoms with Gasteiger partial charge in [-0.05, 0) is 68.8 Å². The van der Waals surface area contributed by atoms with Crippen molar-refractivity contribution in [2.24, 2.45) is 0 Å². The number of likely N-dealkylation sites (N-methyl/N-ethyl adjacent to an activating group) is 1. The third-order valence-corrected chi connectivity index (χ3v) is 11.8. The molecule has 3 aliphatic heterocycles. The Hall–Kier alpha value is -4.71. The number of methoxy groups -OCH3 is 2. The van der Waals surface area contributed by atoms with Crippen LogP contribution >= 0.6 is 0 Å². The molecule has 50 heavy (non-hydrogen) atoms. The fourth-order valence-electron chi connectivity index (χ4n) is 7.35. The van der Waals surface area contributed by atoms with Gasteiger partial charge in [0.1, 0.15) is 21.8 Å². The lowest BCUT2D eigenvalue weighted by atomic mass is 9.72. The first-order valence-electron chi connectivity index (χ1n) is 16.7. The summed E-state index contributed by atoms with van der Waals surface area (Å²) < 4.78 is 46.6. The Morgan fingerprint density at radius 2 is 1.74 bits per heavy atom. The van der Waals surface area contributed by atoms with E-state index in [2.05, 4.69) is 27.9 Å². The van der Waals surface area contributed by atoms with E-state index in [1.165, 1.54) is 56.8 Å². The van der Waals surface area contributed by atoms with Gasteiger partial charge in [0.2, 0.25) is 11.8 Å². The van der Waals surface area contributed by atoms with Crippen molar-refractivity contribution in [3.8, 4) is 23.4 Å². The topological polar surface area (TPSA) is 146 Å². The SMILES string of the molecule is CCOc1ncccc1C1(CC(=O)N2CCC(N3CCN(C)CC3)CC2)C(=O)N(S(=O)(=O)c2ccc(OC)cc2OC)c2ccc(C#N)cc21. The van der Waals surface area contributed by atoms with E-state index in [-0.39, 0.29) is 51.4 Å². The van der Waals surface area contributed by atoms with Crippen molar-refractivity contribution in [1.29, 1.82) is 5.26 Å². The third kappa shape index (κ3) is 6.14. The molecule has 0 radical (unpaired) electrons. The van der Waals surface area contributed by atoms with Crippen molar-refractivity contribution in [1.82, 2.24) is 19.7 Å². The van der Waals surface area contributed by atoms with E-state index in [4.69, 9.17) is 14.2 Å². The molecule has 2 amide bonds. The number of rotatable bonds is 10. The number of piperidine rings is 1. The fourth-order valence-corrected chi connectivity index (χ4v) is 8.97. The van der Waals surface area contributed by atoms with E-state index < -0.39 is 27.8 Å². The van der Waals surface area contributed by atoms with Crippen molar-refractivity contribution in [3.63, 3.8) is 0 Å². The summed E-state index contributed by atoms with van der Waals surface area (Å²) in [4.78, 5) is 40.4. The number of benzene rings is 2. The first kappa shape index (κ1) is 35.1. The first-order valence-corrected chi connectivity index (χ1v) is 18.2. The molecule has 0 aliphatic carbocycles. The molecule has 0 spiro atoms. The predicted octanol–water partition coefficient (Wildman–Crippen LogP) is 3.02. The van der Waals surface area contributed by atoms with Crippen LogP contribution in [0.3, 0.4) is 0 Å². The number of anilines is 1. The predicted molar refractivity (Wildman–Crippen MR) is 185 cm³/mol. The summed E-state index contributed by atoms with van der Waals surface area (Å²) in [5, 5.41) is 9.95. The van der Waals surface area contributed by atoms with Crippen LogP contribution in [-0.2, 0) is 25.0 Å². The number of amides is 2. The number of carbonyl (C=O) groups excluding carboxylic acids is 2. The summed E-state index contributed by atoms with van der Waals surface area (Å²) in [5.74, 6) is -0.758. The fraction of sp³-hybridized carbons (Fsp3) is 0.444. The molecule has 14 heteroatoms. The minimum absolute atomic E-state index is 0.0273.